The van der Waals surface area contributed by atoms with Crippen molar-refractivity contribution in [3.8, 4) is 0 Å². The molecule has 108 valence electrons. The average Bonchev–Trinajstić information content (AvgIpc) is 2.47. The molecule has 5 heteroatoms. The number of carbonyl (C=O) groups excluding carboxylic acids is 1. The Bertz CT molecular complexity index is 643. The molecule has 0 aromatic heterocycles. The molecule has 2 N–H and O–H groups in total. The lowest BCUT2D eigenvalue weighted by Gasteiger charge is -2.17. The molecule has 2 aromatic rings. The molecule has 0 heterocycles. The molecule has 1 atom stereocenters. The molecule has 1 amide bonds. The van der Waals surface area contributed by atoms with Gasteiger partial charge in [-0.3, -0.25) is 9.59 Å². The number of carboxylic acid groups (broad SMARTS) is 1. The SMILES string of the molecule is O=C(O)C[C@H](NC(=O)c1cccc(F)c1)c1ccccc1. The molecule has 21 heavy (non-hydrogen) atoms. The monoisotopic (exact) mass is 287 g/mol. The summed E-state index contributed by atoms with van der Waals surface area (Å²) in [7, 11) is 0. The zero-order valence-electron chi connectivity index (χ0n) is 11.1. The highest BCUT2D eigenvalue weighted by Gasteiger charge is 2.18. The molecular weight excluding hydrogens is 273 g/mol. The normalized spacial score (nSPS) is 11.7. The first kappa shape index (κ1) is 14.7. The molecular formula is C16H14FNO3. The molecule has 0 saturated heterocycles. The minimum atomic E-state index is -1.02. The fraction of sp³-hybridized carbons (Fsp3) is 0.125. The summed E-state index contributed by atoms with van der Waals surface area (Å²) >= 11 is 0. The lowest BCUT2D eigenvalue weighted by Crippen LogP contribution is -2.30. The smallest absolute Gasteiger partial charge is 0.305 e. The Labute approximate surface area is 121 Å². The van der Waals surface area contributed by atoms with E-state index in [2.05, 4.69) is 5.32 Å². The molecule has 0 radical (unpaired) electrons. The first-order valence-electron chi connectivity index (χ1n) is 6.39. The second-order valence-electron chi connectivity index (χ2n) is 4.54. The maximum atomic E-state index is 13.1. The standard InChI is InChI=1S/C16H14FNO3/c17-13-8-4-7-12(9-13)16(21)18-14(10-15(19)20)11-5-2-1-3-6-11/h1-9,14H,10H2,(H,18,21)(H,19,20)/t14-/m0/s1. The van der Waals surface area contributed by atoms with E-state index in [1.807, 2.05) is 0 Å². The van der Waals surface area contributed by atoms with Crippen LogP contribution < -0.4 is 5.32 Å². The number of hydrogen-bond donors (Lipinski definition) is 2. The molecule has 0 bridgehead atoms. The van der Waals surface area contributed by atoms with Gasteiger partial charge in [-0.25, -0.2) is 4.39 Å². The van der Waals surface area contributed by atoms with Gasteiger partial charge in [0.15, 0.2) is 0 Å². The third-order valence-electron chi connectivity index (χ3n) is 2.97. The van der Waals surface area contributed by atoms with Crippen molar-refractivity contribution in [2.24, 2.45) is 0 Å². The highest BCUT2D eigenvalue weighted by Crippen LogP contribution is 2.17. The Morgan fingerprint density at radius 3 is 2.43 bits per heavy atom. The molecule has 0 spiro atoms. The number of amides is 1. The molecule has 0 unspecified atom stereocenters. The van der Waals surface area contributed by atoms with Crippen LogP contribution in [0.4, 0.5) is 4.39 Å². The van der Waals surface area contributed by atoms with Crippen molar-refractivity contribution >= 4 is 11.9 Å². The molecule has 0 aliphatic rings. The van der Waals surface area contributed by atoms with Crippen molar-refractivity contribution in [1.29, 1.82) is 0 Å². The molecule has 0 fully saturated rings. The van der Waals surface area contributed by atoms with Gasteiger partial charge in [-0.15, -0.1) is 0 Å². The Kier molecular flexibility index (Phi) is 4.66. The maximum absolute atomic E-state index is 13.1. The summed E-state index contributed by atoms with van der Waals surface area (Å²) < 4.78 is 13.1. The van der Waals surface area contributed by atoms with E-state index in [1.165, 1.54) is 18.2 Å². The molecule has 2 rings (SSSR count). The summed E-state index contributed by atoms with van der Waals surface area (Å²) in [5.41, 5.74) is 0.839. The number of aliphatic carboxylic acids is 1. The molecule has 2 aromatic carbocycles. The van der Waals surface area contributed by atoms with E-state index in [1.54, 1.807) is 30.3 Å². The van der Waals surface area contributed by atoms with Crippen LogP contribution in [0.3, 0.4) is 0 Å². The van der Waals surface area contributed by atoms with Crippen LogP contribution in [-0.4, -0.2) is 17.0 Å². The third kappa shape index (κ3) is 4.14. The number of nitrogens with one attached hydrogen (secondary N) is 1. The summed E-state index contributed by atoms with van der Waals surface area (Å²) in [6, 6.07) is 13.4. The van der Waals surface area contributed by atoms with Crippen LogP contribution in [0, 0.1) is 5.82 Å². The third-order valence-corrected chi connectivity index (χ3v) is 2.97. The first-order chi connectivity index (χ1) is 10.1. The predicted molar refractivity (Wildman–Crippen MR) is 75.3 cm³/mol. The van der Waals surface area contributed by atoms with Crippen molar-refractivity contribution in [2.75, 3.05) is 0 Å². The Hall–Kier alpha value is -2.69. The number of carboxylic acids is 1. The van der Waals surface area contributed by atoms with E-state index < -0.39 is 23.7 Å². The lowest BCUT2D eigenvalue weighted by atomic mass is 10.0. The van der Waals surface area contributed by atoms with Crippen LogP contribution in [0.1, 0.15) is 28.4 Å². The molecule has 4 nitrogen and oxygen atoms in total. The van der Waals surface area contributed by atoms with E-state index >= 15 is 0 Å². The Balaban J connectivity index is 2.19. The maximum Gasteiger partial charge on any atom is 0.305 e. The van der Waals surface area contributed by atoms with Gasteiger partial charge in [-0.05, 0) is 23.8 Å². The number of rotatable bonds is 5. The fourth-order valence-electron chi connectivity index (χ4n) is 1.98. The lowest BCUT2D eigenvalue weighted by molar-refractivity contribution is -0.137. The predicted octanol–water partition coefficient (Wildman–Crippen LogP) is 2.77. The van der Waals surface area contributed by atoms with Crippen LogP contribution in [0.2, 0.25) is 0 Å². The van der Waals surface area contributed by atoms with Crippen LogP contribution in [0.5, 0.6) is 0 Å². The van der Waals surface area contributed by atoms with Crippen LogP contribution in [-0.2, 0) is 4.79 Å². The van der Waals surface area contributed by atoms with Crippen molar-refractivity contribution in [1.82, 2.24) is 5.32 Å². The number of benzene rings is 2. The molecule has 0 aliphatic heterocycles. The first-order valence-corrected chi connectivity index (χ1v) is 6.39. The Morgan fingerprint density at radius 2 is 1.81 bits per heavy atom. The van der Waals surface area contributed by atoms with Crippen molar-refractivity contribution in [3.63, 3.8) is 0 Å². The fourth-order valence-corrected chi connectivity index (χ4v) is 1.98. The topological polar surface area (TPSA) is 66.4 Å². The number of halogens is 1. The number of hydrogen-bond acceptors (Lipinski definition) is 2. The summed E-state index contributed by atoms with van der Waals surface area (Å²) in [4.78, 5) is 23.0. The van der Waals surface area contributed by atoms with Crippen molar-refractivity contribution in [3.05, 3.63) is 71.5 Å². The van der Waals surface area contributed by atoms with Crippen LogP contribution >= 0.6 is 0 Å². The molecule has 0 saturated carbocycles. The average molecular weight is 287 g/mol. The highest BCUT2D eigenvalue weighted by atomic mass is 19.1. The van der Waals surface area contributed by atoms with E-state index in [0.717, 1.165) is 6.07 Å². The minimum Gasteiger partial charge on any atom is -0.481 e. The quantitative estimate of drug-likeness (QED) is 0.888. The van der Waals surface area contributed by atoms with E-state index in [4.69, 9.17) is 5.11 Å². The van der Waals surface area contributed by atoms with Crippen molar-refractivity contribution in [2.45, 2.75) is 12.5 Å². The van der Waals surface area contributed by atoms with Crippen LogP contribution in [0.25, 0.3) is 0 Å². The van der Waals surface area contributed by atoms with Gasteiger partial charge in [0.05, 0.1) is 12.5 Å². The van der Waals surface area contributed by atoms with Gasteiger partial charge in [0.2, 0.25) is 0 Å². The minimum absolute atomic E-state index is 0.154. The van der Waals surface area contributed by atoms with Gasteiger partial charge < -0.3 is 10.4 Å². The highest BCUT2D eigenvalue weighted by molar-refractivity contribution is 5.94. The van der Waals surface area contributed by atoms with Gasteiger partial charge in [0, 0.05) is 5.56 Å². The number of carbonyl (C=O) groups is 2. The van der Waals surface area contributed by atoms with Gasteiger partial charge in [-0.2, -0.15) is 0 Å². The van der Waals surface area contributed by atoms with Gasteiger partial charge >= 0.3 is 5.97 Å². The van der Waals surface area contributed by atoms with Gasteiger partial charge in [0.1, 0.15) is 5.82 Å². The second kappa shape index (κ2) is 6.65. The van der Waals surface area contributed by atoms with E-state index in [-0.39, 0.29) is 12.0 Å². The summed E-state index contributed by atoms with van der Waals surface area (Å²) in [5.74, 6) is -2.05. The summed E-state index contributed by atoms with van der Waals surface area (Å²) in [6.07, 6.45) is -0.245. The summed E-state index contributed by atoms with van der Waals surface area (Å²) in [6.45, 7) is 0. The van der Waals surface area contributed by atoms with Crippen molar-refractivity contribution < 1.29 is 19.1 Å². The van der Waals surface area contributed by atoms with Gasteiger partial charge in [-0.1, -0.05) is 36.4 Å². The largest absolute Gasteiger partial charge is 0.481 e. The second-order valence-corrected chi connectivity index (χ2v) is 4.54. The van der Waals surface area contributed by atoms with Gasteiger partial charge in [0.25, 0.3) is 5.91 Å². The van der Waals surface area contributed by atoms with E-state index in [9.17, 15) is 14.0 Å². The van der Waals surface area contributed by atoms with Crippen LogP contribution in [0.15, 0.2) is 54.6 Å². The zero-order valence-corrected chi connectivity index (χ0v) is 11.1. The zero-order chi connectivity index (χ0) is 15.2. The molecule has 0 aliphatic carbocycles. The van der Waals surface area contributed by atoms with E-state index in [0.29, 0.717) is 5.56 Å². The Morgan fingerprint density at radius 1 is 1.10 bits per heavy atom. The summed E-state index contributed by atoms with van der Waals surface area (Å²) in [5, 5.41) is 11.6.